The molecule has 106 valence electrons. The van der Waals surface area contributed by atoms with Gasteiger partial charge in [0.25, 0.3) is 0 Å². The molecule has 0 fully saturated rings. The van der Waals surface area contributed by atoms with Gasteiger partial charge in [0, 0.05) is 28.9 Å². The van der Waals surface area contributed by atoms with Crippen molar-refractivity contribution in [2.24, 2.45) is 5.41 Å². The molecule has 4 nitrogen and oxygen atoms in total. The number of aromatic nitrogens is 1. The zero-order chi connectivity index (χ0) is 14.8. The van der Waals surface area contributed by atoms with Crippen LogP contribution in [0.15, 0.2) is 35.1 Å². The predicted octanol–water partition coefficient (Wildman–Crippen LogP) is 2.58. The molecule has 0 aliphatic carbocycles. The van der Waals surface area contributed by atoms with Crippen LogP contribution >= 0.6 is 0 Å². The van der Waals surface area contributed by atoms with Crippen molar-refractivity contribution >= 4 is 16.8 Å². The maximum Gasteiger partial charge on any atom is 0.248 e. The van der Waals surface area contributed by atoms with Crippen molar-refractivity contribution < 1.29 is 4.79 Å². The van der Waals surface area contributed by atoms with Crippen LogP contribution in [0.5, 0.6) is 0 Å². The number of pyridine rings is 1. The number of carbonyl (C=O) groups is 1. The zero-order valence-corrected chi connectivity index (χ0v) is 12.1. The largest absolute Gasteiger partial charge is 0.352 e. The van der Waals surface area contributed by atoms with Crippen molar-refractivity contribution in [3.05, 3.63) is 46.2 Å². The van der Waals surface area contributed by atoms with Crippen LogP contribution in [-0.4, -0.2) is 10.9 Å². The molecule has 0 spiro atoms. The van der Waals surface area contributed by atoms with Crippen molar-refractivity contribution in [3.63, 3.8) is 0 Å². The molecule has 20 heavy (non-hydrogen) atoms. The lowest BCUT2D eigenvalue weighted by atomic mass is 9.89. The fourth-order valence-corrected chi connectivity index (χ4v) is 2.00. The Morgan fingerprint density at radius 3 is 2.70 bits per heavy atom. The highest BCUT2D eigenvalue weighted by molar-refractivity contribution is 5.84. The van der Waals surface area contributed by atoms with Crippen LogP contribution in [0.3, 0.4) is 0 Å². The lowest BCUT2D eigenvalue weighted by Crippen LogP contribution is -2.36. The Morgan fingerprint density at radius 1 is 1.30 bits per heavy atom. The summed E-state index contributed by atoms with van der Waals surface area (Å²) in [7, 11) is 0. The lowest BCUT2D eigenvalue weighted by molar-refractivity contribution is -0.129. The first kappa shape index (κ1) is 14.3. The van der Waals surface area contributed by atoms with Gasteiger partial charge in [0.15, 0.2) is 0 Å². The molecule has 2 N–H and O–H groups in total. The molecule has 2 rings (SSSR count). The fourth-order valence-electron chi connectivity index (χ4n) is 2.00. The van der Waals surface area contributed by atoms with Gasteiger partial charge >= 0.3 is 0 Å². The highest BCUT2D eigenvalue weighted by Gasteiger charge is 2.24. The highest BCUT2D eigenvalue weighted by atomic mass is 16.2. The third-order valence-corrected chi connectivity index (χ3v) is 3.77. The third kappa shape index (κ3) is 2.90. The standard InChI is InChI=1S/C16H20N2O2/c1-4-16(2,3)15(20)17-10-11-9-14(19)18-13-8-6-5-7-12(11)13/h5-9H,4,10H2,1-3H3,(H,17,20)(H,18,19). The Kier molecular flexibility index (Phi) is 3.93. The average molecular weight is 272 g/mol. The second-order valence-electron chi connectivity index (χ2n) is 5.62. The van der Waals surface area contributed by atoms with E-state index in [-0.39, 0.29) is 11.5 Å². The molecular formula is C16H20N2O2. The number of hydrogen-bond acceptors (Lipinski definition) is 2. The number of amides is 1. The molecule has 0 radical (unpaired) electrons. The molecule has 4 heteroatoms. The van der Waals surface area contributed by atoms with E-state index < -0.39 is 5.41 Å². The number of aromatic amines is 1. The number of fused-ring (bicyclic) bond motifs is 1. The van der Waals surface area contributed by atoms with Gasteiger partial charge in [-0.1, -0.05) is 39.0 Å². The topological polar surface area (TPSA) is 62.0 Å². The first-order chi connectivity index (χ1) is 9.44. The van der Waals surface area contributed by atoms with Crippen LogP contribution in [0, 0.1) is 5.41 Å². The smallest absolute Gasteiger partial charge is 0.248 e. The van der Waals surface area contributed by atoms with E-state index in [0.717, 1.165) is 22.9 Å². The Balaban J connectivity index is 2.26. The molecule has 0 saturated heterocycles. The van der Waals surface area contributed by atoms with Crippen LogP contribution in [0.4, 0.5) is 0 Å². The maximum atomic E-state index is 12.1. The summed E-state index contributed by atoms with van der Waals surface area (Å²) in [6, 6.07) is 9.14. The van der Waals surface area contributed by atoms with Crippen molar-refractivity contribution in [3.8, 4) is 0 Å². The summed E-state index contributed by atoms with van der Waals surface area (Å²) in [5.74, 6) is 0.00404. The summed E-state index contributed by atoms with van der Waals surface area (Å²) in [5, 5.41) is 3.88. The Labute approximate surface area is 118 Å². The van der Waals surface area contributed by atoms with Gasteiger partial charge < -0.3 is 10.3 Å². The molecule has 0 aliphatic heterocycles. The zero-order valence-electron chi connectivity index (χ0n) is 12.1. The molecule has 0 saturated carbocycles. The first-order valence-electron chi connectivity index (χ1n) is 6.83. The van der Waals surface area contributed by atoms with Crippen LogP contribution in [0.2, 0.25) is 0 Å². The van der Waals surface area contributed by atoms with Gasteiger partial charge in [0.05, 0.1) is 0 Å². The van der Waals surface area contributed by atoms with Crippen LogP contribution in [0.25, 0.3) is 10.9 Å². The second-order valence-corrected chi connectivity index (χ2v) is 5.62. The number of para-hydroxylation sites is 1. The summed E-state index contributed by atoms with van der Waals surface area (Å²) in [6.07, 6.45) is 0.773. The van der Waals surface area contributed by atoms with E-state index in [1.807, 2.05) is 45.0 Å². The van der Waals surface area contributed by atoms with Crippen molar-refractivity contribution in [1.29, 1.82) is 0 Å². The minimum absolute atomic E-state index is 0.00404. The van der Waals surface area contributed by atoms with Crippen LogP contribution in [0.1, 0.15) is 32.8 Å². The molecule has 1 aromatic heterocycles. The summed E-state index contributed by atoms with van der Waals surface area (Å²) >= 11 is 0. The van der Waals surface area contributed by atoms with Gasteiger partial charge in [-0.25, -0.2) is 0 Å². The molecule has 1 amide bonds. The highest BCUT2D eigenvalue weighted by Crippen LogP contribution is 2.20. The van der Waals surface area contributed by atoms with E-state index in [9.17, 15) is 9.59 Å². The van der Waals surface area contributed by atoms with Gasteiger partial charge in [-0.05, 0) is 18.1 Å². The molecule has 2 aromatic rings. The molecular weight excluding hydrogens is 252 g/mol. The summed E-state index contributed by atoms with van der Waals surface area (Å²) in [4.78, 5) is 26.5. The Hall–Kier alpha value is -2.10. The van der Waals surface area contributed by atoms with Crippen molar-refractivity contribution in [1.82, 2.24) is 10.3 Å². The molecule has 1 aromatic carbocycles. The van der Waals surface area contributed by atoms with Crippen molar-refractivity contribution in [2.75, 3.05) is 0 Å². The fraction of sp³-hybridized carbons (Fsp3) is 0.375. The van der Waals surface area contributed by atoms with E-state index in [1.54, 1.807) is 6.07 Å². The van der Waals surface area contributed by atoms with Gasteiger partial charge in [0.2, 0.25) is 11.5 Å². The van der Waals surface area contributed by atoms with E-state index in [1.165, 1.54) is 0 Å². The summed E-state index contributed by atoms with van der Waals surface area (Å²) < 4.78 is 0. The minimum atomic E-state index is -0.392. The van der Waals surface area contributed by atoms with Gasteiger partial charge in [-0.3, -0.25) is 9.59 Å². The molecule has 1 heterocycles. The minimum Gasteiger partial charge on any atom is -0.352 e. The van der Waals surface area contributed by atoms with E-state index in [0.29, 0.717) is 6.54 Å². The van der Waals surface area contributed by atoms with Gasteiger partial charge in [-0.15, -0.1) is 0 Å². The number of rotatable bonds is 4. The maximum absolute atomic E-state index is 12.1. The predicted molar refractivity (Wildman–Crippen MR) is 80.5 cm³/mol. The van der Waals surface area contributed by atoms with E-state index >= 15 is 0 Å². The van der Waals surface area contributed by atoms with Crippen molar-refractivity contribution in [2.45, 2.75) is 33.7 Å². The Morgan fingerprint density at radius 2 is 2.00 bits per heavy atom. The van der Waals surface area contributed by atoms with Crippen LogP contribution in [-0.2, 0) is 11.3 Å². The molecule has 0 atom stereocenters. The van der Waals surface area contributed by atoms with Gasteiger partial charge in [-0.2, -0.15) is 0 Å². The molecule has 0 unspecified atom stereocenters. The first-order valence-corrected chi connectivity index (χ1v) is 6.83. The monoisotopic (exact) mass is 272 g/mol. The summed E-state index contributed by atoms with van der Waals surface area (Å²) in [5.41, 5.74) is 1.09. The molecule has 0 aliphatic rings. The van der Waals surface area contributed by atoms with Crippen LogP contribution < -0.4 is 10.9 Å². The van der Waals surface area contributed by atoms with E-state index in [4.69, 9.17) is 0 Å². The summed E-state index contributed by atoms with van der Waals surface area (Å²) in [6.45, 7) is 6.19. The number of hydrogen-bond donors (Lipinski definition) is 2. The average Bonchev–Trinajstić information content (AvgIpc) is 2.44. The lowest BCUT2D eigenvalue weighted by Gasteiger charge is -2.21. The second kappa shape index (κ2) is 5.49. The number of H-pyrrole nitrogens is 1. The van der Waals surface area contributed by atoms with E-state index in [2.05, 4.69) is 10.3 Å². The SMILES string of the molecule is CCC(C)(C)C(=O)NCc1cc(=O)[nH]c2ccccc12. The number of benzene rings is 1. The van der Waals surface area contributed by atoms with Gasteiger partial charge in [0.1, 0.15) is 0 Å². The normalized spacial score (nSPS) is 11.6. The quantitative estimate of drug-likeness (QED) is 0.898. The number of carbonyl (C=O) groups excluding carboxylic acids is 1. The Bertz CT molecular complexity index is 686. The molecule has 0 bridgehead atoms. The number of nitrogens with one attached hydrogen (secondary N) is 2. The third-order valence-electron chi connectivity index (χ3n) is 3.77.